The highest BCUT2D eigenvalue weighted by Gasteiger charge is 2.42. The zero-order valence-corrected chi connectivity index (χ0v) is 18.9. The van der Waals surface area contributed by atoms with Gasteiger partial charge in [-0.05, 0) is 63.7 Å². The van der Waals surface area contributed by atoms with Crippen LogP contribution in [0.15, 0.2) is 6.07 Å². The fourth-order valence-corrected chi connectivity index (χ4v) is 5.95. The first-order valence-corrected chi connectivity index (χ1v) is 12.1. The minimum atomic E-state index is -4.15. The number of halogens is 5. The molecule has 1 amide bonds. The number of piperidine rings is 1. The van der Waals surface area contributed by atoms with E-state index in [1.54, 1.807) is 0 Å². The number of alkyl halides is 5. The summed E-state index contributed by atoms with van der Waals surface area (Å²) in [5.74, 6) is -2.49. The van der Waals surface area contributed by atoms with E-state index < -0.39 is 18.6 Å². The number of carbonyl (C=O) groups excluding carboxylic acids is 1. The van der Waals surface area contributed by atoms with Gasteiger partial charge in [-0.3, -0.25) is 9.69 Å². The lowest BCUT2D eigenvalue weighted by atomic mass is 9.92. The van der Waals surface area contributed by atoms with Crippen molar-refractivity contribution in [2.45, 2.75) is 88.0 Å². The Bertz CT molecular complexity index is 809. The van der Waals surface area contributed by atoms with Crippen LogP contribution in [0.4, 0.5) is 22.0 Å². The lowest BCUT2D eigenvalue weighted by Crippen LogP contribution is -2.46. The van der Waals surface area contributed by atoms with Gasteiger partial charge in [0.15, 0.2) is 0 Å². The van der Waals surface area contributed by atoms with Crippen LogP contribution in [0.25, 0.3) is 0 Å². The van der Waals surface area contributed by atoms with Gasteiger partial charge in [0.2, 0.25) is 5.92 Å². The average Bonchev–Trinajstić information content (AvgIpc) is 3.34. The number of hydrogen-bond donors (Lipinski definition) is 2. The summed E-state index contributed by atoms with van der Waals surface area (Å²) in [7, 11) is 0. The molecule has 2 N–H and O–H groups in total. The van der Waals surface area contributed by atoms with Crippen molar-refractivity contribution < 1.29 is 26.7 Å². The van der Waals surface area contributed by atoms with E-state index >= 15 is 0 Å². The van der Waals surface area contributed by atoms with E-state index in [2.05, 4.69) is 10.6 Å². The number of hydrogen-bond acceptors (Lipinski definition) is 4. The molecule has 1 aromatic heterocycles. The Morgan fingerprint density at radius 2 is 1.81 bits per heavy atom. The Morgan fingerprint density at radius 3 is 2.44 bits per heavy atom. The van der Waals surface area contributed by atoms with Crippen LogP contribution in [-0.2, 0) is 0 Å². The second kappa shape index (κ2) is 9.18. The summed E-state index contributed by atoms with van der Waals surface area (Å²) in [6.45, 7) is 2.05. The van der Waals surface area contributed by atoms with Crippen LogP contribution in [0.3, 0.4) is 0 Å². The summed E-state index contributed by atoms with van der Waals surface area (Å²) in [5, 5.41) is 6.50. The zero-order valence-electron chi connectivity index (χ0n) is 18.1. The molecule has 3 fully saturated rings. The molecule has 1 aromatic rings. The maximum Gasteiger partial charge on any atom is 0.401 e. The summed E-state index contributed by atoms with van der Waals surface area (Å²) in [5.41, 5.74) is 1.14. The highest BCUT2D eigenvalue weighted by molar-refractivity contribution is 7.14. The Balaban J connectivity index is 1.24. The van der Waals surface area contributed by atoms with E-state index in [1.165, 1.54) is 16.2 Å². The third-order valence-electron chi connectivity index (χ3n) is 6.86. The number of likely N-dealkylation sites (tertiary alicyclic amines) is 1. The monoisotopic (exact) mass is 479 g/mol. The number of nitrogens with one attached hydrogen (secondary N) is 2. The minimum absolute atomic E-state index is 0.183. The van der Waals surface area contributed by atoms with Crippen LogP contribution in [0, 0.1) is 6.92 Å². The van der Waals surface area contributed by atoms with E-state index in [4.69, 9.17) is 0 Å². The summed E-state index contributed by atoms with van der Waals surface area (Å²) in [6, 6.07) is 2.23. The Hall–Kier alpha value is -1.26. The van der Waals surface area contributed by atoms with Gasteiger partial charge in [-0.15, -0.1) is 11.3 Å². The van der Waals surface area contributed by atoms with Gasteiger partial charge in [0.1, 0.15) is 0 Å². The normalized spacial score (nSPS) is 27.4. The van der Waals surface area contributed by atoms with E-state index in [-0.39, 0.29) is 30.8 Å². The molecule has 2 aliphatic carbocycles. The molecule has 180 valence electrons. The number of thiophene rings is 1. The first-order chi connectivity index (χ1) is 15.0. The van der Waals surface area contributed by atoms with E-state index in [0.717, 1.165) is 16.9 Å². The Labute approximate surface area is 188 Å². The summed E-state index contributed by atoms with van der Waals surface area (Å²) in [6.07, 6.45) is -1.55. The highest BCUT2D eigenvalue weighted by atomic mass is 32.1. The van der Waals surface area contributed by atoms with Gasteiger partial charge in [-0.2, -0.15) is 13.2 Å². The van der Waals surface area contributed by atoms with E-state index in [9.17, 15) is 26.7 Å². The fourth-order valence-electron chi connectivity index (χ4n) is 4.95. The van der Waals surface area contributed by atoms with Gasteiger partial charge in [-0.25, -0.2) is 8.78 Å². The number of rotatable bonds is 6. The molecular formula is C22H30F5N3OS. The summed E-state index contributed by atoms with van der Waals surface area (Å²) < 4.78 is 64.3. The summed E-state index contributed by atoms with van der Waals surface area (Å²) in [4.78, 5) is 15.8. The molecule has 32 heavy (non-hydrogen) atoms. The van der Waals surface area contributed by atoms with Crippen LogP contribution >= 0.6 is 11.3 Å². The molecule has 0 aromatic carbocycles. The number of carbonyl (C=O) groups is 1. The maximum absolute atomic E-state index is 13.3. The second-order valence-corrected chi connectivity index (χ2v) is 10.8. The number of aryl methyl sites for hydroxylation is 1. The van der Waals surface area contributed by atoms with Crippen LogP contribution < -0.4 is 10.6 Å². The minimum Gasteiger partial charge on any atom is -0.349 e. The quantitative estimate of drug-likeness (QED) is 0.574. The van der Waals surface area contributed by atoms with Gasteiger partial charge in [0.05, 0.1) is 11.4 Å². The van der Waals surface area contributed by atoms with Crippen molar-refractivity contribution in [2.24, 2.45) is 0 Å². The lowest BCUT2D eigenvalue weighted by Gasteiger charge is -2.33. The van der Waals surface area contributed by atoms with Crippen LogP contribution in [0.5, 0.6) is 0 Å². The van der Waals surface area contributed by atoms with Gasteiger partial charge in [-0.1, -0.05) is 0 Å². The van der Waals surface area contributed by atoms with Crippen molar-refractivity contribution in [1.82, 2.24) is 15.5 Å². The van der Waals surface area contributed by atoms with Crippen molar-refractivity contribution in [1.29, 1.82) is 0 Å². The average molecular weight is 480 g/mol. The molecule has 4 nitrogen and oxygen atoms in total. The Kier molecular flexibility index (Phi) is 6.85. The molecule has 0 bridgehead atoms. The molecule has 3 aliphatic rings. The van der Waals surface area contributed by atoms with Gasteiger partial charge >= 0.3 is 6.18 Å². The third-order valence-corrected chi connectivity index (χ3v) is 7.93. The molecule has 2 saturated carbocycles. The molecule has 10 heteroatoms. The molecule has 0 spiro atoms. The zero-order chi connectivity index (χ0) is 23.1. The van der Waals surface area contributed by atoms with E-state index in [0.29, 0.717) is 55.6 Å². The smallest absolute Gasteiger partial charge is 0.349 e. The van der Waals surface area contributed by atoms with Crippen molar-refractivity contribution in [3.8, 4) is 0 Å². The third kappa shape index (κ3) is 6.20. The van der Waals surface area contributed by atoms with E-state index in [1.807, 2.05) is 13.0 Å². The molecule has 0 radical (unpaired) electrons. The molecule has 2 unspecified atom stereocenters. The fraction of sp³-hybridized carbons (Fsp3) is 0.773. The predicted molar refractivity (Wildman–Crippen MR) is 114 cm³/mol. The lowest BCUT2D eigenvalue weighted by molar-refractivity contribution is -0.148. The SMILES string of the molecule is Cc1sc(C(=O)NC2CCC(F)(F)CC2)cc1C1CC1NC1CCN(CC(F)(F)F)CC1. The highest BCUT2D eigenvalue weighted by Crippen LogP contribution is 2.45. The predicted octanol–water partition coefficient (Wildman–Crippen LogP) is 4.84. The van der Waals surface area contributed by atoms with Crippen molar-refractivity contribution >= 4 is 17.2 Å². The molecule has 2 atom stereocenters. The standard InChI is InChI=1S/C22H30F5N3OS/c1-13-16(11-19(32-13)20(31)29-14-2-6-21(23,24)7-3-14)17-10-18(17)28-15-4-8-30(9-5-15)12-22(25,26)27/h11,14-15,17-18,28H,2-10,12H2,1H3,(H,29,31). The van der Waals surface area contributed by atoms with Crippen molar-refractivity contribution in [2.75, 3.05) is 19.6 Å². The maximum atomic E-state index is 13.3. The van der Waals surface area contributed by atoms with Crippen LogP contribution in [0.2, 0.25) is 0 Å². The van der Waals surface area contributed by atoms with Crippen LogP contribution in [0.1, 0.15) is 71.0 Å². The first-order valence-electron chi connectivity index (χ1n) is 11.3. The molecular weight excluding hydrogens is 449 g/mol. The van der Waals surface area contributed by atoms with Crippen LogP contribution in [-0.4, -0.2) is 60.7 Å². The number of amides is 1. The molecule has 4 rings (SSSR count). The van der Waals surface area contributed by atoms with Crippen molar-refractivity contribution in [3.05, 3.63) is 21.4 Å². The largest absolute Gasteiger partial charge is 0.401 e. The Morgan fingerprint density at radius 1 is 1.16 bits per heavy atom. The molecule has 2 heterocycles. The summed E-state index contributed by atoms with van der Waals surface area (Å²) >= 11 is 1.43. The van der Waals surface area contributed by atoms with Crippen molar-refractivity contribution in [3.63, 3.8) is 0 Å². The van der Waals surface area contributed by atoms with Gasteiger partial charge in [0.25, 0.3) is 5.91 Å². The van der Waals surface area contributed by atoms with Gasteiger partial charge < -0.3 is 10.6 Å². The first kappa shape index (κ1) is 23.9. The molecule has 1 saturated heterocycles. The van der Waals surface area contributed by atoms with Gasteiger partial charge in [0, 0.05) is 41.8 Å². The second-order valence-electron chi connectivity index (χ2n) is 9.51. The number of nitrogens with zero attached hydrogens (tertiary/aromatic N) is 1. The topological polar surface area (TPSA) is 44.4 Å². The molecule has 1 aliphatic heterocycles.